The number of ether oxygens (including phenoxy) is 1. The normalized spacial score (nSPS) is 22.1. The van der Waals surface area contributed by atoms with Crippen molar-refractivity contribution in [2.75, 3.05) is 26.8 Å². The van der Waals surface area contributed by atoms with Crippen LogP contribution >= 0.6 is 0 Å². The van der Waals surface area contributed by atoms with Crippen LogP contribution < -0.4 is 5.73 Å². The van der Waals surface area contributed by atoms with Crippen molar-refractivity contribution in [1.29, 1.82) is 0 Å². The van der Waals surface area contributed by atoms with Gasteiger partial charge in [-0.25, -0.2) is 0 Å². The minimum absolute atomic E-state index is 0.159. The number of aliphatic imine (C=N–C) groups is 1. The molecule has 4 nitrogen and oxygen atoms in total. The fraction of sp³-hybridized carbons (Fsp3) is 0.562. The van der Waals surface area contributed by atoms with Gasteiger partial charge in [-0.15, -0.1) is 0 Å². The quantitative estimate of drug-likeness (QED) is 0.865. The Morgan fingerprint density at radius 1 is 1.35 bits per heavy atom. The van der Waals surface area contributed by atoms with Crippen molar-refractivity contribution in [3.05, 3.63) is 35.4 Å². The van der Waals surface area contributed by atoms with Gasteiger partial charge in [0, 0.05) is 13.7 Å². The van der Waals surface area contributed by atoms with Gasteiger partial charge in [0.2, 0.25) is 0 Å². The third kappa shape index (κ3) is 2.80. The van der Waals surface area contributed by atoms with Crippen LogP contribution in [0.2, 0.25) is 0 Å². The number of benzene rings is 1. The first-order valence-corrected chi connectivity index (χ1v) is 7.27. The highest BCUT2D eigenvalue weighted by Gasteiger charge is 2.39. The zero-order chi connectivity index (χ0) is 14.6. The van der Waals surface area contributed by atoms with Crippen molar-refractivity contribution >= 4 is 5.96 Å². The molecule has 1 aliphatic heterocycles. The van der Waals surface area contributed by atoms with Crippen molar-refractivity contribution in [2.24, 2.45) is 10.7 Å². The maximum absolute atomic E-state index is 6.03. The fourth-order valence-electron chi connectivity index (χ4n) is 2.77. The number of aryl methyl sites for hydroxylation is 1. The number of hydrogen-bond acceptors (Lipinski definition) is 4. The molecule has 0 fully saturated rings. The molecule has 20 heavy (non-hydrogen) atoms. The van der Waals surface area contributed by atoms with Crippen LogP contribution in [0.1, 0.15) is 31.4 Å². The van der Waals surface area contributed by atoms with Crippen molar-refractivity contribution in [3.8, 4) is 0 Å². The Morgan fingerprint density at radius 3 is 2.65 bits per heavy atom. The predicted octanol–water partition coefficient (Wildman–Crippen LogP) is 2.13. The summed E-state index contributed by atoms with van der Waals surface area (Å²) in [7, 11) is 1.71. The van der Waals surface area contributed by atoms with E-state index in [-0.39, 0.29) is 5.54 Å². The molecule has 4 heteroatoms. The number of nitrogens with zero attached hydrogens (tertiary/aromatic N) is 2. The summed E-state index contributed by atoms with van der Waals surface area (Å²) in [6.07, 6.45) is 2.30. The van der Waals surface area contributed by atoms with Gasteiger partial charge in [0.25, 0.3) is 0 Å². The molecule has 0 aromatic heterocycles. The summed E-state index contributed by atoms with van der Waals surface area (Å²) >= 11 is 0. The first-order chi connectivity index (χ1) is 9.61. The largest absolute Gasteiger partial charge is 0.383 e. The highest BCUT2D eigenvalue weighted by molar-refractivity contribution is 5.81. The van der Waals surface area contributed by atoms with Crippen LogP contribution in [-0.4, -0.2) is 37.7 Å². The Hall–Kier alpha value is -1.55. The van der Waals surface area contributed by atoms with Crippen LogP contribution in [-0.2, 0) is 16.7 Å². The first kappa shape index (κ1) is 14.9. The molecule has 1 aliphatic rings. The maximum Gasteiger partial charge on any atom is 0.192 e. The molecular formula is C16H25N3O. The second-order valence-electron chi connectivity index (χ2n) is 5.54. The molecule has 0 bridgehead atoms. The molecule has 0 amide bonds. The zero-order valence-electron chi connectivity index (χ0n) is 12.7. The van der Waals surface area contributed by atoms with Crippen molar-refractivity contribution in [1.82, 2.24) is 4.90 Å². The summed E-state index contributed by atoms with van der Waals surface area (Å²) in [5.74, 6) is 0.613. The van der Waals surface area contributed by atoms with E-state index in [4.69, 9.17) is 10.5 Å². The van der Waals surface area contributed by atoms with E-state index in [0.29, 0.717) is 19.1 Å². The standard InChI is InChI=1S/C16H25N3O/c1-4-5-13-6-8-14(9-7-13)16(2)12-18-15(17)19(16)10-11-20-3/h6-9H,4-5,10-12H2,1-3H3,(H2,17,18). The summed E-state index contributed by atoms with van der Waals surface area (Å²) < 4.78 is 5.18. The maximum atomic E-state index is 6.03. The number of methoxy groups -OCH3 is 1. The van der Waals surface area contributed by atoms with E-state index >= 15 is 0 Å². The fourth-order valence-corrected chi connectivity index (χ4v) is 2.77. The number of nitrogens with two attached hydrogens (primary N) is 1. The Kier molecular flexibility index (Phi) is 4.65. The van der Waals surface area contributed by atoms with E-state index in [2.05, 4.69) is 48.0 Å². The van der Waals surface area contributed by atoms with Gasteiger partial charge in [-0.2, -0.15) is 0 Å². The molecule has 2 N–H and O–H groups in total. The molecule has 1 heterocycles. The lowest BCUT2D eigenvalue weighted by Crippen LogP contribution is -2.48. The molecule has 0 saturated carbocycles. The third-order valence-corrected chi connectivity index (χ3v) is 4.05. The van der Waals surface area contributed by atoms with Gasteiger partial charge < -0.3 is 15.4 Å². The Bertz CT molecular complexity index is 469. The lowest BCUT2D eigenvalue weighted by molar-refractivity contribution is 0.137. The van der Waals surface area contributed by atoms with Crippen LogP contribution in [0, 0.1) is 0 Å². The second-order valence-corrected chi connectivity index (χ2v) is 5.54. The van der Waals surface area contributed by atoms with Crippen LogP contribution in [0.3, 0.4) is 0 Å². The van der Waals surface area contributed by atoms with E-state index < -0.39 is 0 Å². The summed E-state index contributed by atoms with van der Waals surface area (Å²) in [5, 5.41) is 0. The van der Waals surface area contributed by atoms with Crippen LogP contribution in [0.4, 0.5) is 0 Å². The Labute approximate surface area is 121 Å². The lowest BCUT2D eigenvalue weighted by atomic mass is 9.90. The van der Waals surface area contributed by atoms with Gasteiger partial charge in [0.1, 0.15) is 0 Å². The van der Waals surface area contributed by atoms with Crippen LogP contribution in [0.5, 0.6) is 0 Å². The summed E-state index contributed by atoms with van der Waals surface area (Å²) in [4.78, 5) is 6.57. The monoisotopic (exact) mass is 275 g/mol. The number of guanidine groups is 1. The van der Waals surface area contributed by atoms with Crippen molar-refractivity contribution in [2.45, 2.75) is 32.2 Å². The minimum Gasteiger partial charge on any atom is -0.383 e. The highest BCUT2D eigenvalue weighted by Crippen LogP contribution is 2.32. The first-order valence-electron chi connectivity index (χ1n) is 7.27. The SMILES string of the molecule is CCCc1ccc(C2(C)CN=C(N)N2CCOC)cc1. The summed E-state index contributed by atoms with van der Waals surface area (Å²) in [5.41, 5.74) is 8.52. The molecule has 2 rings (SSSR count). The molecule has 1 aromatic carbocycles. The predicted molar refractivity (Wildman–Crippen MR) is 82.9 cm³/mol. The van der Waals surface area contributed by atoms with Crippen molar-refractivity contribution < 1.29 is 4.74 Å². The minimum atomic E-state index is -0.159. The van der Waals surface area contributed by atoms with Crippen molar-refractivity contribution in [3.63, 3.8) is 0 Å². The topological polar surface area (TPSA) is 50.8 Å². The summed E-state index contributed by atoms with van der Waals surface area (Å²) in [6, 6.07) is 8.85. The van der Waals surface area contributed by atoms with E-state index in [1.807, 2.05) is 0 Å². The highest BCUT2D eigenvalue weighted by atomic mass is 16.5. The molecule has 0 spiro atoms. The van der Waals surface area contributed by atoms with Gasteiger partial charge in [-0.05, 0) is 24.5 Å². The van der Waals surface area contributed by atoms with Gasteiger partial charge >= 0.3 is 0 Å². The van der Waals surface area contributed by atoms with E-state index in [1.165, 1.54) is 17.5 Å². The lowest BCUT2D eigenvalue weighted by Gasteiger charge is -2.36. The van der Waals surface area contributed by atoms with Gasteiger partial charge in [-0.3, -0.25) is 4.99 Å². The second kappa shape index (κ2) is 6.27. The van der Waals surface area contributed by atoms with E-state index in [9.17, 15) is 0 Å². The molecule has 1 atom stereocenters. The number of rotatable bonds is 6. The third-order valence-electron chi connectivity index (χ3n) is 4.05. The Morgan fingerprint density at radius 2 is 2.05 bits per heavy atom. The van der Waals surface area contributed by atoms with E-state index in [0.717, 1.165) is 13.0 Å². The van der Waals surface area contributed by atoms with Gasteiger partial charge in [0.05, 0.1) is 18.7 Å². The average molecular weight is 275 g/mol. The van der Waals surface area contributed by atoms with Gasteiger partial charge in [0.15, 0.2) is 5.96 Å². The van der Waals surface area contributed by atoms with Crippen LogP contribution in [0.25, 0.3) is 0 Å². The van der Waals surface area contributed by atoms with E-state index in [1.54, 1.807) is 7.11 Å². The Balaban J connectivity index is 2.20. The number of hydrogen-bond donors (Lipinski definition) is 1. The molecule has 1 unspecified atom stereocenters. The smallest absolute Gasteiger partial charge is 0.192 e. The van der Waals surface area contributed by atoms with Crippen LogP contribution in [0.15, 0.2) is 29.3 Å². The molecule has 1 aromatic rings. The van der Waals surface area contributed by atoms with Gasteiger partial charge in [-0.1, -0.05) is 37.6 Å². The molecule has 0 aliphatic carbocycles. The average Bonchev–Trinajstić information content (AvgIpc) is 2.74. The molecule has 110 valence electrons. The molecule has 0 saturated heterocycles. The molecule has 0 radical (unpaired) electrons. The summed E-state index contributed by atoms with van der Waals surface area (Å²) in [6.45, 7) is 6.52. The molecular weight excluding hydrogens is 250 g/mol. The zero-order valence-corrected chi connectivity index (χ0v) is 12.7.